The van der Waals surface area contributed by atoms with Gasteiger partial charge in [0.2, 0.25) is 5.91 Å². The third kappa shape index (κ3) is 5.52. The summed E-state index contributed by atoms with van der Waals surface area (Å²) in [5.41, 5.74) is 6.51. The first-order valence-electron chi connectivity index (χ1n) is 7.92. The van der Waals surface area contributed by atoms with E-state index in [2.05, 4.69) is 10.6 Å². The number of nitrogens with one attached hydrogen (secondary N) is 2. The van der Waals surface area contributed by atoms with Crippen LogP contribution in [0.15, 0.2) is 24.3 Å². The maximum atomic E-state index is 12.4. The molecule has 0 bridgehead atoms. The molecule has 0 saturated heterocycles. The number of nitrogens with two attached hydrogens (primary N) is 1. The fourth-order valence-corrected chi connectivity index (χ4v) is 2.26. The number of hydrogen-bond donors (Lipinski definition) is 3. The first-order chi connectivity index (χ1) is 10.5. The molecular formula is C17H28ClN3O2. The topological polar surface area (TPSA) is 84.2 Å². The minimum atomic E-state index is -0.531. The van der Waals surface area contributed by atoms with Gasteiger partial charge in [0.25, 0.3) is 5.91 Å². The number of rotatable bonds is 8. The van der Waals surface area contributed by atoms with Crippen molar-refractivity contribution in [2.45, 2.75) is 40.0 Å². The summed E-state index contributed by atoms with van der Waals surface area (Å²) in [5, 5.41) is 5.71. The van der Waals surface area contributed by atoms with E-state index in [1.54, 1.807) is 24.3 Å². The lowest BCUT2D eigenvalue weighted by atomic mass is 9.81. The minimum Gasteiger partial charge on any atom is -0.352 e. The molecule has 0 unspecified atom stereocenters. The van der Waals surface area contributed by atoms with Gasteiger partial charge in [-0.25, -0.2) is 0 Å². The number of benzene rings is 1. The van der Waals surface area contributed by atoms with Gasteiger partial charge in [-0.15, -0.1) is 12.4 Å². The van der Waals surface area contributed by atoms with Crippen LogP contribution in [-0.2, 0) is 4.79 Å². The number of amides is 2. The Labute approximate surface area is 144 Å². The predicted octanol–water partition coefficient (Wildman–Crippen LogP) is 2.95. The van der Waals surface area contributed by atoms with Gasteiger partial charge in [0.1, 0.15) is 0 Å². The molecule has 0 fully saturated rings. The van der Waals surface area contributed by atoms with Crippen LogP contribution in [0.3, 0.4) is 0 Å². The van der Waals surface area contributed by atoms with Gasteiger partial charge in [-0.2, -0.15) is 0 Å². The Hall–Kier alpha value is -1.59. The van der Waals surface area contributed by atoms with Crippen LogP contribution in [0, 0.1) is 5.41 Å². The molecule has 1 aromatic rings. The highest BCUT2D eigenvalue weighted by molar-refractivity contribution is 5.97. The summed E-state index contributed by atoms with van der Waals surface area (Å²) in [4.78, 5) is 24.2. The summed E-state index contributed by atoms with van der Waals surface area (Å²) in [6.45, 7) is 6.92. The Morgan fingerprint density at radius 1 is 1.09 bits per heavy atom. The molecule has 1 aromatic carbocycles. The van der Waals surface area contributed by atoms with Crippen molar-refractivity contribution in [1.82, 2.24) is 5.32 Å². The second-order valence-electron chi connectivity index (χ2n) is 5.48. The van der Waals surface area contributed by atoms with Gasteiger partial charge in [0.05, 0.1) is 5.41 Å². The highest BCUT2D eigenvalue weighted by Gasteiger charge is 2.33. The van der Waals surface area contributed by atoms with Gasteiger partial charge < -0.3 is 16.4 Å². The Bertz CT molecular complexity index is 491. The standard InChI is InChI=1S/C17H27N3O2.ClH/c1-4-11-19-15(21)13-7-9-14(10-8-13)20-16(22)17(5-2,6-3)12-18;/h7-10H,4-6,11-12,18H2,1-3H3,(H,19,21)(H,20,22);1H. The zero-order chi connectivity index (χ0) is 16.6. The van der Waals surface area contributed by atoms with E-state index in [0.29, 0.717) is 37.2 Å². The van der Waals surface area contributed by atoms with E-state index in [9.17, 15) is 9.59 Å². The van der Waals surface area contributed by atoms with E-state index in [0.717, 1.165) is 6.42 Å². The van der Waals surface area contributed by atoms with E-state index in [-0.39, 0.29) is 24.2 Å². The van der Waals surface area contributed by atoms with Gasteiger partial charge in [-0.3, -0.25) is 9.59 Å². The molecule has 0 aliphatic rings. The lowest BCUT2D eigenvalue weighted by molar-refractivity contribution is -0.125. The van der Waals surface area contributed by atoms with E-state index in [1.165, 1.54) is 0 Å². The molecular weight excluding hydrogens is 314 g/mol. The Morgan fingerprint density at radius 3 is 2.09 bits per heavy atom. The summed E-state index contributed by atoms with van der Waals surface area (Å²) < 4.78 is 0. The molecule has 0 spiro atoms. The maximum absolute atomic E-state index is 12.4. The fourth-order valence-electron chi connectivity index (χ4n) is 2.26. The van der Waals surface area contributed by atoms with Gasteiger partial charge in [-0.05, 0) is 43.5 Å². The van der Waals surface area contributed by atoms with Crippen molar-refractivity contribution in [2.75, 3.05) is 18.4 Å². The molecule has 6 heteroatoms. The van der Waals surface area contributed by atoms with Crippen LogP contribution in [-0.4, -0.2) is 24.9 Å². The molecule has 23 heavy (non-hydrogen) atoms. The third-order valence-corrected chi connectivity index (χ3v) is 4.17. The molecule has 0 heterocycles. The van der Waals surface area contributed by atoms with Crippen molar-refractivity contribution in [2.24, 2.45) is 11.1 Å². The minimum absolute atomic E-state index is 0. The smallest absolute Gasteiger partial charge is 0.251 e. The van der Waals surface area contributed by atoms with Gasteiger partial charge in [0, 0.05) is 24.3 Å². The van der Waals surface area contributed by atoms with E-state index in [1.807, 2.05) is 20.8 Å². The Kier molecular flexibility index (Phi) is 9.53. The quantitative estimate of drug-likeness (QED) is 0.679. The normalized spacial score (nSPS) is 10.6. The molecule has 0 aliphatic heterocycles. The van der Waals surface area contributed by atoms with Crippen molar-refractivity contribution in [3.05, 3.63) is 29.8 Å². The van der Waals surface area contributed by atoms with Crippen molar-refractivity contribution in [3.8, 4) is 0 Å². The molecule has 2 amide bonds. The summed E-state index contributed by atoms with van der Waals surface area (Å²) in [5.74, 6) is -0.165. The first kappa shape index (κ1) is 21.4. The van der Waals surface area contributed by atoms with Gasteiger partial charge in [0.15, 0.2) is 0 Å². The summed E-state index contributed by atoms with van der Waals surface area (Å²) >= 11 is 0. The average Bonchev–Trinajstić information content (AvgIpc) is 2.55. The largest absolute Gasteiger partial charge is 0.352 e. The van der Waals surface area contributed by atoms with Crippen molar-refractivity contribution < 1.29 is 9.59 Å². The molecule has 1 rings (SSSR count). The lowest BCUT2D eigenvalue weighted by Gasteiger charge is -2.28. The van der Waals surface area contributed by atoms with Crippen molar-refractivity contribution in [1.29, 1.82) is 0 Å². The van der Waals surface area contributed by atoms with Gasteiger partial charge >= 0.3 is 0 Å². The molecule has 4 N–H and O–H groups in total. The fraction of sp³-hybridized carbons (Fsp3) is 0.529. The van der Waals surface area contributed by atoms with Gasteiger partial charge in [-0.1, -0.05) is 20.8 Å². The summed E-state index contributed by atoms with van der Waals surface area (Å²) in [6, 6.07) is 6.90. The van der Waals surface area contributed by atoms with Crippen LogP contribution in [0.2, 0.25) is 0 Å². The average molecular weight is 342 g/mol. The van der Waals surface area contributed by atoms with Crippen molar-refractivity contribution in [3.63, 3.8) is 0 Å². The Morgan fingerprint density at radius 2 is 1.65 bits per heavy atom. The van der Waals surface area contributed by atoms with Crippen molar-refractivity contribution >= 4 is 29.9 Å². The highest BCUT2D eigenvalue weighted by Crippen LogP contribution is 2.27. The van der Waals surface area contributed by atoms with Crippen LogP contribution in [0.25, 0.3) is 0 Å². The number of carbonyl (C=O) groups is 2. The molecule has 0 aromatic heterocycles. The number of hydrogen-bond acceptors (Lipinski definition) is 3. The zero-order valence-electron chi connectivity index (χ0n) is 14.1. The number of anilines is 1. The second kappa shape index (κ2) is 10.2. The zero-order valence-corrected chi connectivity index (χ0v) is 15.0. The van der Waals surface area contributed by atoms with E-state index in [4.69, 9.17) is 5.73 Å². The van der Waals surface area contributed by atoms with Crippen LogP contribution in [0.5, 0.6) is 0 Å². The monoisotopic (exact) mass is 341 g/mol. The Balaban J connectivity index is 0.00000484. The van der Waals surface area contributed by atoms with Crippen LogP contribution in [0.1, 0.15) is 50.4 Å². The molecule has 0 radical (unpaired) electrons. The summed E-state index contributed by atoms with van der Waals surface area (Å²) in [7, 11) is 0. The predicted molar refractivity (Wildman–Crippen MR) is 97.0 cm³/mol. The number of carbonyl (C=O) groups excluding carboxylic acids is 2. The third-order valence-electron chi connectivity index (χ3n) is 4.17. The molecule has 5 nitrogen and oxygen atoms in total. The van der Waals surface area contributed by atoms with Crippen LogP contribution >= 0.6 is 12.4 Å². The van der Waals surface area contributed by atoms with Crippen LogP contribution in [0.4, 0.5) is 5.69 Å². The second-order valence-corrected chi connectivity index (χ2v) is 5.48. The maximum Gasteiger partial charge on any atom is 0.251 e. The molecule has 0 atom stereocenters. The number of halogens is 1. The lowest BCUT2D eigenvalue weighted by Crippen LogP contribution is -2.41. The van der Waals surface area contributed by atoms with E-state index < -0.39 is 5.41 Å². The molecule has 0 saturated carbocycles. The summed E-state index contributed by atoms with van der Waals surface area (Å²) in [6.07, 6.45) is 2.29. The van der Waals surface area contributed by atoms with E-state index >= 15 is 0 Å². The first-order valence-corrected chi connectivity index (χ1v) is 7.92. The van der Waals surface area contributed by atoms with Crippen LogP contribution < -0.4 is 16.4 Å². The SMILES string of the molecule is CCCNC(=O)c1ccc(NC(=O)C(CC)(CC)CN)cc1.Cl. The highest BCUT2D eigenvalue weighted by atomic mass is 35.5. The molecule has 0 aliphatic carbocycles. The molecule has 130 valence electrons.